The van der Waals surface area contributed by atoms with Gasteiger partial charge in [0.2, 0.25) is 5.91 Å². The summed E-state index contributed by atoms with van der Waals surface area (Å²) in [4.78, 5) is 13.7. The van der Waals surface area contributed by atoms with Crippen molar-refractivity contribution in [3.63, 3.8) is 0 Å². The Morgan fingerprint density at radius 2 is 2.06 bits per heavy atom. The Bertz CT molecular complexity index is 421. The minimum atomic E-state index is -0.0522. The number of hydrogen-bond donors (Lipinski definition) is 1. The molecule has 4 nitrogen and oxygen atoms in total. The van der Waals surface area contributed by atoms with E-state index in [4.69, 9.17) is 9.84 Å². The number of thioether (sulfide) groups is 1. The number of aliphatic hydroxyl groups is 1. The lowest BCUT2D eigenvalue weighted by molar-refractivity contribution is -0.130. The minimum absolute atomic E-state index is 0.00826. The van der Waals surface area contributed by atoms with Crippen LogP contribution in [0.2, 0.25) is 0 Å². The van der Waals surface area contributed by atoms with E-state index in [1.54, 1.807) is 23.8 Å². The summed E-state index contributed by atoms with van der Waals surface area (Å²) in [7, 11) is 1.63. The first kappa shape index (κ1) is 13.2. The number of ether oxygens (including phenoxy) is 1. The van der Waals surface area contributed by atoms with E-state index in [0.717, 1.165) is 11.3 Å². The fraction of sp³-hybridized carbons (Fsp3) is 0.462. The second kappa shape index (κ2) is 5.63. The van der Waals surface area contributed by atoms with Crippen LogP contribution in [-0.2, 0) is 4.79 Å². The van der Waals surface area contributed by atoms with Crippen LogP contribution in [0.3, 0.4) is 0 Å². The van der Waals surface area contributed by atoms with Gasteiger partial charge in [-0.15, -0.1) is 11.8 Å². The van der Waals surface area contributed by atoms with Gasteiger partial charge in [-0.2, -0.15) is 0 Å². The molecule has 1 aliphatic rings. The van der Waals surface area contributed by atoms with Crippen molar-refractivity contribution in [2.45, 2.75) is 17.5 Å². The first-order valence-electron chi connectivity index (χ1n) is 5.88. The van der Waals surface area contributed by atoms with Gasteiger partial charge in [0.1, 0.15) is 11.1 Å². The Morgan fingerprint density at radius 1 is 1.39 bits per heavy atom. The molecule has 0 unspecified atom stereocenters. The normalized spacial score (nSPS) is 23.5. The van der Waals surface area contributed by atoms with Gasteiger partial charge in [-0.05, 0) is 24.6 Å². The highest BCUT2D eigenvalue weighted by Gasteiger charge is 2.37. The number of hydrogen-bond acceptors (Lipinski definition) is 4. The van der Waals surface area contributed by atoms with Gasteiger partial charge >= 0.3 is 0 Å². The standard InChI is InChI=1S/C13H17NO3S/c1-9-12(16)14(7-8-15)13(18-9)10-3-5-11(17-2)6-4-10/h3-6,9,13,15H,7-8H2,1-2H3/t9-,13+/m0/s1. The molecule has 1 aromatic carbocycles. The molecule has 1 amide bonds. The third-order valence-corrected chi connectivity index (χ3v) is 4.38. The third-order valence-electron chi connectivity index (χ3n) is 2.99. The second-order valence-corrected chi connectivity index (χ2v) is 5.58. The summed E-state index contributed by atoms with van der Waals surface area (Å²) >= 11 is 1.61. The molecule has 0 spiro atoms. The molecule has 0 radical (unpaired) electrons. The number of carbonyl (C=O) groups is 1. The molecule has 5 heteroatoms. The van der Waals surface area contributed by atoms with E-state index in [-0.39, 0.29) is 23.1 Å². The van der Waals surface area contributed by atoms with Crippen LogP contribution in [0.4, 0.5) is 0 Å². The number of β-amino-alcohol motifs (C(OH)–C–C–N with tert-alkyl or cyclic N) is 1. The van der Waals surface area contributed by atoms with E-state index >= 15 is 0 Å². The Morgan fingerprint density at radius 3 is 2.61 bits per heavy atom. The van der Waals surface area contributed by atoms with Crippen molar-refractivity contribution >= 4 is 17.7 Å². The summed E-state index contributed by atoms with van der Waals surface area (Å²) in [5.41, 5.74) is 1.06. The molecule has 1 aliphatic heterocycles. The highest BCUT2D eigenvalue weighted by molar-refractivity contribution is 8.01. The predicted molar refractivity (Wildman–Crippen MR) is 71.6 cm³/mol. The molecule has 0 aromatic heterocycles. The minimum Gasteiger partial charge on any atom is -0.497 e. The Kier molecular flexibility index (Phi) is 4.14. The predicted octanol–water partition coefficient (Wildman–Crippen LogP) is 1.65. The van der Waals surface area contributed by atoms with Crippen LogP contribution in [0.25, 0.3) is 0 Å². The molecule has 1 fully saturated rings. The van der Waals surface area contributed by atoms with E-state index in [0.29, 0.717) is 6.54 Å². The van der Waals surface area contributed by atoms with Crippen molar-refractivity contribution in [1.29, 1.82) is 0 Å². The molecule has 2 rings (SSSR count). The van der Waals surface area contributed by atoms with Crippen molar-refractivity contribution in [2.75, 3.05) is 20.3 Å². The number of rotatable bonds is 4. The molecule has 0 saturated carbocycles. The largest absolute Gasteiger partial charge is 0.497 e. The maximum absolute atomic E-state index is 12.0. The lowest BCUT2D eigenvalue weighted by Crippen LogP contribution is -2.32. The maximum Gasteiger partial charge on any atom is 0.236 e. The summed E-state index contributed by atoms with van der Waals surface area (Å²) in [5.74, 6) is 0.893. The van der Waals surface area contributed by atoms with E-state index in [2.05, 4.69) is 0 Å². The average Bonchev–Trinajstić information content (AvgIpc) is 2.68. The number of nitrogens with zero attached hydrogens (tertiary/aromatic N) is 1. The summed E-state index contributed by atoms with van der Waals surface area (Å²) in [6.07, 6.45) is 0. The average molecular weight is 267 g/mol. The van der Waals surface area contributed by atoms with Gasteiger partial charge < -0.3 is 14.7 Å². The molecule has 1 heterocycles. The van der Waals surface area contributed by atoms with Crippen LogP contribution in [0, 0.1) is 0 Å². The lowest BCUT2D eigenvalue weighted by Gasteiger charge is -2.23. The zero-order valence-electron chi connectivity index (χ0n) is 10.5. The van der Waals surface area contributed by atoms with E-state index < -0.39 is 0 Å². The Balaban J connectivity index is 2.22. The fourth-order valence-corrected chi connectivity index (χ4v) is 3.35. The van der Waals surface area contributed by atoms with Gasteiger partial charge in [0.15, 0.2) is 0 Å². The highest BCUT2D eigenvalue weighted by atomic mass is 32.2. The third kappa shape index (κ3) is 2.47. The van der Waals surface area contributed by atoms with Crippen LogP contribution in [0.1, 0.15) is 17.9 Å². The van der Waals surface area contributed by atoms with Gasteiger partial charge in [0.25, 0.3) is 0 Å². The number of methoxy groups -OCH3 is 1. The van der Waals surface area contributed by atoms with Crippen molar-refractivity contribution in [3.05, 3.63) is 29.8 Å². The molecular weight excluding hydrogens is 250 g/mol. The van der Waals surface area contributed by atoms with Gasteiger partial charge in [-0.25, -0.2) is 0 Å². The maximum atomic E-state index is 12.0. The number of aliphatic hydroxyl groups excluding tert-OH is 1. The quantitative estimate of drug-likeness (QED) is 0.901. The fourth-order valence-electron chi connectivity index (χ4n) is 2.04. The SMILES string of the molecule is COc1ccc([C@H]2S[C@@H](C)C(=O)N2CCO)cc1. The van der Waals surface area contributed by atoms with Crippen molar-refractivity contribution in [2.24, 2.45) is 0 Å². The van der Waals surface area contributed by atoms with Crippen LogP contribution < -0.4 is 4.74 Å². The molecule has 1 N–H and O–H groups in total. The van der Waals surface area contributed by atoms with Crippen molar-refractivity contribution in [1.82, 2.24) is 4.90 Å². The molecule has 1 saturated heterocycles. The molecule has 2 atom stereocenters. The summed E-state index contributed by atoms with van der Waals surface area (Å²) in [6.45, 7) is 2.28. The molecule has 1 aromatic rings. The van der Waals surface area contributed by atoms with Crippen LogP contribution in [0.5, 0.6) is 5.75 Å². The molecule has 98 valence electrons. The number of carbonyl (C=O) groups excluding carboxylic acids is 1. The van der Waals surface area contributed by atoms with E-state index in [1.165, 1.54) is 0 Å². The monoisotopic (exact) mass is 267 g/mol. The molecule has 18 heavy (non-hydrogen) atoms. The number of amides is 1. The smallest absolute Gasteiger partial charge is 0.236 e. The van der Waals surface area contributed by atoms with Crippen LogP contribution in [0.15, 0.2) is 24.3 Å². The summed E-state index contributed by atoms with van der Waals surface area (Å²) in [6, 6.07) is 7.71. The zero-order chi connectivity index (χ0) is 13.1. The van der Waals surface area contributed by atoms with E-state index in [9.17, 15) is 4.79 Å². The first-order valence-corrected chi connectivity index (χ1v) is 6.82. The topological polar surface area (TPSA) is 49.8 Å². The number of benzene rings is 1. The molecular formula is C13H17NO3S. The van der Waals surface area contributed by atoms with Gasteiger partial charge in [-0.1, -0.05) is 12.1 Å². The summed E-state index contributed by atoms with van der Waals surface area (Å²) in [5, 5.41) is 8.99. The van der Waals surface area contributed by atoms with Crippen LogP contribution in [-0.4, -0.2) is 41.4 Å². The van der Waals surface area contributed by atoms with Gasteiger partial charge in [0.05, 0.1) is 19.0 Å². The van der Waals surface area contributed by atoms with Gasteiger partial charge in [0, 0.05) is 6.54 Å². The van der Waals surface area contributed by atoms with Crippen LogP contribution >= 0.6 is 11.8 Å². The highest BCUT2D eigenvalue weighted by Crippen LogP contribution is 2.42. The van der Waals surface area contributed by atoms with Crippen molar-refractivity contribution < 1.29 is 14.6 Å². The van der Waals surface area contributed by atoms with E-state index in [1.807, 2.05) is 31.2 Å². The lowest BCUT2D eigenvalue weighted by atomic mass is 10.2. The summed E-state index contributed by atoms with van der Waals surface area (Å²) < 4.78 is 5.12. The first-order chi connectivity index (χ1) is 8.67. The molecule has 0 bridgehead atoms. The second-order valence-electron chi connectivity index (χ2n) is 4.16. The Labute approximate surface area is 111 Å². The zero-order valence-corrected chi connectivity index (χ0v) is 11.3. The molecule has 0 aliphatic carbocycles. The Hall–Kier alpha value is -1.20. The van der Waals surface area contributed by atoms with Gasteiger partial charge in [-0.3, -0.25) is 4.79 Å². The van der Waals surface area contributed by atoms with Crippen molar-refractivity contribution in [3.8, 4) is 5.75 Å².